The second kappa shape index (κ2) is 5.42. The molecule has 0 aliphatic rings. The van der Waals surface area contributed by atoms with Gasteiger partial charge in [-0.2, -0.15) is 0 Å². The van der Waals surface area contributed by atoms with Gasteiger partial charge in [-0.3, -0.25) is 4.79 Å². The molecule has 0 bridgehead atoms. The highest BCUT2D eigenvalue weighted by Gasteiger charge is 2.19. The molecular formula is C14H13BrN2O3. The first-order chi connectivity index (χ1) is 9.40. The Morgan fingerprint density at radius 2 is 1.90 bits per heavy atom. The number of carbonyl (C=O) groups is 1. The van der Waals surface area contributed by atoms with Crippen molar-refractivity contribution in [2.75, 3.05) is 17.7 Å². The molecular weight excluding hydrogens is 324 g/mol. The molecule has 2 aromatic rings. The van der Waals surface area contributed by atoms with E-state index in [0.29, 0.717) is 11.4 Å². The number of rotatable bonds is 2. The molecule has 0 aliphatic heterocycles. The Balaban J connectivity index is 2.40. The third-order valence-electron chi connectivity index (χ3n) is 2.87. The van der Waals surface area contributed by atoms with E-state index >= 15 is 0 Å². The number of benzene rings is 2. The molecule has 2 aromatic carbocycles. The fourth-order valence-corrected chi connectivity index (χ4v) is 2.20. The van der Waals surface area contributed by atoms with E-state index in [-0.39, 0.29) is 17.1 Å². The van der Waals surface area contributed by atoms with Crippen LogP contribution in [-0.2, 0) is 0 Å². The fourth-order valence-electron chi connectivity index (χ4n) is 1.82. The van der Waals surface area contributed by atoms with Gasteiger partial charge < -0.3 is 20.8 Å². The van der Waals surface area contributed by atoms with Crippen LogP contribution in [0.1, 0.15) is 10.4 Å². The Morgan fingerprint density at radius 3 is 2.55 bits per heavy atom. The number of nitrogen functional groups attached to an aromatic ring is 1. The molecule has 0 spiro atoms. The summed E-state index contributed by atoms with van der Waals surface area (Å²) in [6.45, 7) is 0. The van der Waals surface area contributed by atoms with E-state index < -0.39 is 5.91 Å². The third kappa shape index (κ3) is 2.70. The number of halogens is 1. The van der Waals surface area contributed by atoms with Crippen molar-refractivity contribution in [2.45, 2.75) is 0 Å². The van der Waals surface area contributed by atoms with Crippen LogP contribution in [-0.4, -0.2) is 23.2 Å². The second-order valence-corrected chi connectivity index (χ2v) is 5.18. The molecule has 4 N–H and O–H groups in total. The Morgan fingerprint density at radius 1 is 1.20 bits per heavy atom. The van der Waals surface area contributed by atoms with Crippen molar-refractivity contribution in [2.24, 2.45) is 0 Å². The van der Waals surface area contributed by atoms with Gasteiger partial charge in [-0.15, -0.1) is 0 Å². The fraction of sp³-hybridized carbons (Fsp3) is 0.0714. The molecule has 0 unspecified atom stereocenters. The molecule has 0 aliphatic carbocycles. The SMILES string of the molecule is CN(C(=O)c1cc(O)ccc1O)c1ccc(Br)cc1N. The second-order valence-electron chi connectivity index (χ2n) is 4.27. The van der Waals surface area contributed by atoms with Crippen LogP contribution in [0.5, 0.6) is 11.5 Å². The lowest BCUT2D eigenvalue weighted by Gasteiger charge is -2.20. The Hall–Kier alpha value is -2.21. The predicted molar refractivity (Wildman–Crippen MR) is 81.1 cm³/mol. The molecule has 104 valence electrons. The van der Waals surface area contributed by atoms with Crippen molar-refractivity contribution in [3.63, 3.8) is 0 Å². The summed E-state index contributed by atoms with van der Waals surface area (Å²) in [7, 11) is 1.55. The van der Waals surface area contributed by atoms with Crippen LogP contribution in [0.3, 0.4) is 0 Å². The first-order valence-corrected chi connectivity index (χ1v) is 6.54. The van der Waals surface area contributed by atoms with Gasteiger partial charge in [-0.25, -0.2) is 0 Å². The normalized spacial score (nSPS) is 10.3. The molecule has 1 amide bonds. The lowest BCUT2D eigenvalue weighted by Crippen LogP contribution is -2.27. The molecule has 5 nitrogen and oxygen atoms in total. The van der Waals surface area contributed by atoms with Crippen molar-refractivity contribution in [1.82, 2.24) is 0 Å². The van der Waals surface area contributed by atoms with Gasteiger partial charge >= 0.3 is 0 Å². The monoisotopic (exact) mass is 336 g/mol. The van der Waals surface area contributed by atoms with Gasteiger partial charge in [0.25, 0.3) is 5.91 Å². The van der Waals surface area contributed by atoms with Crippen LogP contribution in [0.2, 0.25) is 0 Å². The standard InChI is InChI=1S/C14H13BrN2O3/c1-17(12-4-2-8(15)6-11(12)16)14(20)10-7-9(18)3-5-13(10)19/h2-7,18-19H,16H2,1H3. The number of nitrogens with two attached hydrogens (primary N) is 1. The highest BCUT2D eigenvalue weighted by Crippen LogP contribution is 2.29. The van der Waals surface area contributed by atoms with Crippen LogP contribution in [0.4, 0.5) is 11.4 Å². The van der Waals surface area contributed by atoms with Crippen LogP contribution in [0.15, 0.2) is 40.9 Å². The van der Waals surface area contributed by atoms with E-state index in [1.807, 2.05) is 0 Å². The maximum absolute atomic E-state index is 12.3. The first kappa shape index (κ1) is 14.2. The Labute approximate surface area is 124 Å². The van der Waals surface area contributed by atoms with E-state index in [0.717, 1.165) is 4.47 Å². The number of phenolic OH excluding ortho intramolecular Hbond substituents is 2. The average molecular weight is 337 g/mol. The smallest absolute Gasteiger partial charge is 0.261 e. The van der Waals surface area contributed by atoms with Crippen LogP contribution in [0, 0.1) is 0 Å². The van der Waals surface area contributed by atoms with Crippen molar-refractivity contribution in [1.29, 1.82) is 0 Å². The zero-order valence-electron chi connectivity index (χ0n) is 10.7. The molecule has 0 atom stereocenters. The van der Waals surface area contributed by atoms with Gasteiger partial charge in [0.15, 0.2) is 0 Å². The predicted octanol–water partition coefficient (Wildman–Crippen LogP) is 2.72. The maximum Gasteiger partial charge on any atom is 0.261 e. The third-order valence-corrected chi connectivity index (χ3v) is 3.36. The summed E-state index contributed by atoms with van der Waals surface area (Å²) < 4.78 is 0.805. The van der Waals surface area contributed by atoms with Gasteiger partial charge in [0, 0.05) is 11.5 Å². The highest BCUT2D eigenvalue weighted by molar-refractivity contribution is 9.10. The van der Waals surface area contributed by atoms with Crippen molar-refractivity contribution >= 4 is 33.2 Å². The van der Waals surface area contributed by atoms with E-state index in [2.05, 4.69) is 15.9 Å². The number of hydrogen-bond donors (Lipinski definition) is 3. The molecule has 20 heavy (non-hydrogen) atoms. The van der Waals surface area contributed by atoms with Crippen LogP contribution in [0.25, 0.3) is 0 Å². The molecule has 0 aromatic heterocycles. The summed E-state index contributed by atoms with van der Waals surface area (Å²) in [5.41, 5.74) is 6.82. The zero-order chi connectivity index (χ0) is 14.9. The molecule has 0 radical (unpaired) electrons. The number of phenols is 2. The van der Waals surface area contributed by atoms with Gasteiger partial charge in [0.1, 0.15) is 11.5 Å². The quantitative estimate of drug-likeness (QED) is 0.581. The number of carbonyl (C=O) groups excluding carboxylic acids is 1. The van der Waals surface area contributed by atoms with Crippen LogP contribution >= 0.6 is 15.9 Å². The number of aromatic hydroxyl groups is 2. The van der Waals surface area contributed by atoms with E-state index in [1.54, 1.807) is 25.2 Å². The van der Waals surface area contributed by atoms with Gasteiger partial charge in [-0.1, -0.05) is 15.9 Å². The number of anilines is 2. The van der Waals surface area contributed by atoms with E-state index in [9.17, 15) is 15.0 Å². The van der Waals surface area contributed by atoms with Crippen molar-refractivity contribution < 1.29 is 15.0 Å². The zero-order valence-corrected chi connectivity index (χ0v) is 12.3. The summed E-state index contributed by atoms with van der Waals surface area (Å²) in [5, 5.41) is 19.1. The van der Waals surface area contributed by atoms with Crippen molar-refractivity contribution in [3.8, 4) is 11.5 Å². The molecule has 0 fully saturated rings. The molecule has 6 heteroatoms. The molecule has 0 saturated heterocycles. The van der Waals surface area contributed by atoms with Crippen LogP contribution < -0.4 is 10.6 Å². The Kier molecular flexibility index (Phi) is 3.85. The molecule has 0 saturated carbocycles. The maximum atomic E-state index is 12.3. The summed E-state index contributed by atoms with van der Waals surface area (Å²) in [6.07, 6.45) is 0. The minimum absolute atomic E-state index is 0.00909. The molecule has 2 rings (SSSR count). The number of nitrogens with zero attached hydrogens (tertiary/aromatic N) is 1. The summed E-state index contributed by atoms with van der Waals surface area (Å²) in [4.78, 5) is 13.7. The van der Waals surface area contributed by atoms with Gasteiger partial charge in [0.2, 0.25) is 0 Å². The van der Waals surface area contributed by atoms with E-state index in [4.69, 9.17) is 5.73 Å². The summed E-state index contributed by atoms with van der Waals surface area (Å²) in [5.74, 6) is -0.758. The average Bonchev–Trinajstić information content (AvgIpc) is 2.40. The first-order valence-electron chi connectivity index (χ1n) is 5.75. The van der Waals surface area contributed by atoms with Crippen molar-refractivity contribution in [3.05, 3.63) is 46.4 Å². The summed E-state index contributed by atoms with van der Waals surface area (Å²) >= 11 is 3.29. The van der Waals surface area contributed by atoms with Gasteiger partial charge in [-0.05, 0) is 36.4 Å². The van der Waals surface area contributed by atoms with E-state index in [1.165, 1.54) is 23.1 Å². The lowest BCUT2D eigenvalue weighted by atomic mass is 10.1. The van der Waals surface area contributed by atoms with Gasteiger partial charge in [0.05, 0.1) is 16.9 Å². The summed E-state index contributed by atoms with van der Waals surface area (Å²) in [6, 6.07) is 8.92. The highest BCUT2D eigenvalue weighted by atomic mass is 79.9. The number of hydrogen-bond acceptors (Lipinski definition) is 4. The Bertz CT molecular complexity index is 673. The minimum Gasteiger partial charge on any atom is -0.508 e. The molecule has 0 heterocycles. The number of amides is 1. The topological polar surface area (TPSA) is 86.8 Å². The largest absolute Gasteiger partial charge is 0.508 e. The lowest BCUT2D eigenvalue weighted by molar-refractivity contribution is 0.0990. The minimum atomic E-state index is -0.465.